The van der Waals surface area contributed by atoms with Crippen LogP contribution in [0.3, 0.4) is 0 Å². The van der Waals surface area contributed by atoms with Crippen molar-refractivity contribution in [3.05, 3.63) is 0 Å². The Morgan fingerprint density at radius 2 is 2.12 bits per heavy atom. The molecule has 0 aromatic carbocycles. The highest BCUT2D eigenvalue weighted by molar-refractivity contribution is 7.80. The minimum atomic E-state index is -5.18. The Hall–Kier alpha value is -1.61. The number of piperidine rings is 1. The first-order valence-corrected chi connectivity index (χ1v) is 8.67. The molecule has 3 N–H and O–H groups in total. The minimum absolute atomic E-state index is 0.0459. The number of rotatable bonds is 6. The van der Waals surface area contributed by atoms with E-state index < -0.39 is 53.3 Å². The molecule has 3 rings (SSSR count). The fraction of sp³-hybridized carbons (Fsp3) is 0.818. The maximum atomic E-state index is 14.2. The van der Waals surface area contributed by atoms with E-state index in [-0.39, 0.29) is 17.2 Å². The van der Waals surface area contributed by atoms with Crippen LogP contribution in [-0.4, -0.2) is 78.6 Å². The van der Waals surface area contributed by atoms with Gasteiger partial charge in [0.2, 0.25) is 0 Å². The molecule has 3 amide bonds. The number of nitrogens with zero attached hydrogens (tertiary/aromatic N) is 2. The lowest BCUT2D eigenvalue weighted by atomic mass is 9.96. The average molecular weight is 386 g/mol. The first-order valence-electron chi connectivity index (χ1n) is 7.31. The number of carbonyl (C=O) groups is 2. The quantitative estimate of drug-likeness (QED) is 0.376. The smallest absolute Gasteiger partial charge is 0.314 e. The van der Waals surface area contributed by atoms with Gasteiger partial charge in [0.05, 0.1) is 6.54 Å². The summed E-state index contributed by atoms with van der Waals surface area (Å²) in [6.07, 6.45) is -0.693. The van der Waals surface area contributed by atoms with Crippen molar-refractivity contribution in [2.75, 3.05) is 13.6 Å². The van der Waals surface area contributed by atoms with Crippen molar-refractivity contribution in [3.63, 3.8) is 0 Å². The highest BCUT2D eigenvalue weighted by Crippen LogP contribution is 2.41. The second-order valence-corrected chi connectivity index (χ2v) is 7.02. The van der Waals surface area contributed by atoms with Crippen LogP contribution in [0.4, 0.5) is 13.6 Å². The van der Waals surface area contributed by atoms with Gasteiger partial charge >= 0.3 is 16.4 Å². The molecule has 2 bridgehead atoms. The van der Waals surface area contributed by atoms with E-state index in [1.807, 2.05) is 5.48 Å². The van der Waals surface area contributed by atoms with Gasteiger partial charge in [-0.1, -0.05) is 0 Å². The van der Waals surface area contributed by atoms with Crippen molar-refractivity contribution in [3.8, 4) is 0 Å². The predicted octanol–water partition coefficient (Wildman–Crippen LogP) is -1.36. The standard InChI is InChI=1S/C11H16F2N4O7S/c1-14-5-2-7(5)23-15-9(18)6-3-11(12,13)8-4-16(6)10(19)17(8)24-25(20,21)22/h5-8,14H,2-4H2,1H3,(H,15,18)(H,20,21,22)/t5?,6-,7?,8-/m0/s1. The van der Waals surface area contributed by atoms with Crippen molar-refractivity contribution in [1.29, 1.82) is 0 Å². The van der Waals surface area contributed by atoms with Gasteiger partial charge in [0.15, 0.2) is 0 Å². The summed E-state index contributed by atoms with van der Waals surface area (Å²) in [6, 6.07) is -4.73. The predicted molar refractivity (Wildman–Crippen MR) is 74.2 cm³/mol. The van der Waals surface area contributed by atoms with Crippen molar-refractivity contribution in [1.82, 2.24) is 20.8 Å². The first-order chi connectivity index (χ1) is 11.5. The summed E-state index contributed by atoms with van der Waals surface area (Å²) in [5.74, 6) is -4.57. The molecule has 3 aliphatic rings. The number of likely N-dealkylation sites (N-methyl/N-ethyl adjacent to an activating group) is 1. The molecule has 2 saturated heterocycles. The van der Waals surface area contributed by atoms with Crippen LogP contribution >= 0.6 is 0 Å². The monoisotopic (exact) mass is 386 g/mol. The van der Waals surface area contributed by atoms with Crippen molar-refractivity contribution in [2.24, 2.45) is 0 Å². The zero-order valence-corrected chi connectivity index (χ0v) is 13.7. The molecule has 1 aliphatic carbocycles. The molecule has 1 saturated carbocycles. The first kappa shape index (κ1) is 18.2. The number of amides is 3. The maximum Gasteiger partial charge on any atom is 0.418 e. The molecule has 2 unspecified atom stereocenters. The number of hydrogen-bond donors (Lipinski definition) is 3. The van der Waals surface area contributed by atoms with E-state index in [2.05, 4.69) is 9.60 Å². The Morgan fingerprint density at radius 1 is 1.44 bits per heavy atom. The van der Waals surface area contributed by atoms with E-state index in [1.54, 1.807) is 7.05 Å². The molecule has 142 valence electrons. The van der Waals surface area contributed by atoms with Gasteiger partial charge in [0.1, 0.15) is 18.2 Å². The number of hydroxylamine groups is 3. The van der Waals surface area contributed by atoms with Crippen LogP contribution in [-0.2, 0) is 24.3 Å². The normalized spacial score (nSPS) is 33.5. The van der Waals surface area contributed by atoms with Gasteiger partial charge in [-0.15, -0.1) is 4.28 Å². The molecule has 0 radical (unpaired) electrons. The molecule has 2 heterocycles. The summed E-state index contributed by atoms with van der Waals surface area (Å²) in [6.45, 7) is -0.637. The van der Waals surface area contributed by atoms with Crippen molar-refractivity contribution < 1.29 is 40.5 Å². The van der Waals surface area contributed by atoms with E-state index >= 15 is 0 Å². The van der Waals surface area contributed by atoms with Crippen LogP contribution in [0.5, 0.6) is 0 Å². The summed E-state index contributed by atoms with van der Waals surface area (Å²) >= 11 is 0. The minimum Gasteiger partial charge on any atom is -0.314 e. The lowest BCUT2D eigenvalue weighted by molar-refractivity contribution is -0.159. The maximum absolute atomic E-state index is 14.2. The molecule has 0 spiro atoms. The van der Waals surface area contributed by atoms with E-state index in [9.17, 15) is 26.8 Å². The van der Waals surface area contributed by atoms with Crippen molar-refractivity contribution >= 4 is 22.3 Å². The van der Waals surface area contributed by atoms with Crippen LogP contribution in [0.15, 0.2) is 0 Å². The number of urea groups is 1. The molecular weight excluding hydrogens is 370 g/mol. The van der Waals surface area contributed by atoms with Gasteiger partial charge < -0.3 is 10.2 Å². The van der Waals surface area contributed by atoms with Gasteiger partial charge in [0, 0.05) is 12.5 Å². The fourth-order valence-corrected chi connectivity index (χ4v) is 3.27. The van der Waals surface area contributed by atoms with E-state index in [4.69, 9.17) is 9.39 Å². The third-order valence-corrected chi connectivity index (χ3v) is 4.66. The number of halogens is 2. The Balaban J connectivity index is 1.71. The van der Waals surface area contributed by atoms with Crippen LogP contribution in [0.25, 0.3) is 0 Å². The number of fused-ring (bicyclic) bond motifs is 2. The second kappa shape index (κ2) is 5.98. The molecule has 11 nitrogen and oxygen atoms in total. The number of carbonyl (C=O) groups excluding carboxylic acids is 2. The molecule has 2 aliphatic heterocycles. The summed E-state index contributed by atoms with van der Waals surface area (Å²) in [5, 5.41) is 2.78. The van der Waals surface area contributed by atoms with Gasteiger partial charge in [-0.3, -0.25) is 14.2 Å². The fourth-order valence-electron chi connectivity index (χ4n) is 2.90. The SMILES string of the molecule is CNC1CC1ONC(=O)[C@@H]1CC(F)(F)[C@@H]2CN1C(=O)N2OS(=O)(=O)O. The summed E-state index contributed by atoms with van der Waals surface area (Å²) in [5.41, 5.74) is 2.05. The lowest BCUT2D eigenvalue weighted by Crippen LogP contribution is -2.56. The lowest BCUT2D eigenvalue weighted by Gasteiger charge is -2.34. The topological polar surface area (TPSA) is 138 Å². The van der Waals surface area contributed by atoms with Crippen LogP contribution in [0, 0.1) is 0 Å². The van der Waals surface area contributed by atoms with Gasteiger partial charge in [-0.25, -0.2) is 19.1 Å². The zero-order chi connectivity index (χ0) is 18.6. The Labute approximate surface area is 141 Å². The summed E-state index contributed by atoms with van der Waals surface area (Å²) < 4.78 is 62.6. The molecular formula is C11H16F2N4O7S. The van der Waals surface area contributed by atoms with Gasteiger partial charge in [-0.05, 0) is 13.5 Å². The molecule has 0 aromatic heterocycles. The van der Waals surface area contributed by atoms with E-state index in [0.29, 0.717) is 6.42 Å². The van der Waals surface area contributed by atoms with Gasteiger partial charge in [-0.2, -0.15) is 13.5 Å². The number of nitrogens with one attached hydrogen (secondary N) is 2. The largest absolute Gasteiger partial charge is 0.418 e. The third kappa shape index (κ3) is 3.52. The molecule has 3 fully saturated rings. The van der Waals surface area contributed by atoms with Gasteiger partial charge in [0.25, 0.3) is 11.8 Å². The van der Waals surface area contributed by atoms with Crippen LogP contribution < -0.4 is 10.8 Å². The Kier molecular flexibility index (Phi) is 4.35. The van der Waals surface area contributed by atoms with E-state index in [0.717, 1.165) is 4.90 Å². The summed E-state index contributed by atoms with van der Waals surface area (Å²) in [4.78, 5) is 30.0. The highest BCUT2D eigenvalue weighted by Gasteiger charge is 2.62. The number of alkyl halides is 2. The van der Waals surface area contributed by atoms with Crippen LogP contribution in [0.2, 0.25) is 0 Å². The van der Waals surface area contributed by atoms with Crippen molar-refractivity contribution in [2.45, 2.75) is 43.0 Å². The molecule has 0 aromatic rings. The molecule has 14 heteroatoms. The highest BCUT2D eigenvalue weighted by atomic mass is 32.3. The third-order valence-electron chi connectivity index (χ3n) is 4.31. The Bertz CT molecular complexity index is 690. The zero-order valence-electron chi connectivity index (χ0n) is 12.9. The average Bonchev–Trinajstić information content (AvgIpc) is 3.20. The number of hydrogen-bond acceptors (Lipinski definition) is 7. The second-order valence-electron chi connectivity index (χ2n) is 6.01. The molecule has 4 atom stereocenters. The summed E-state index contributed by atoms with van der Waals surface area (Å²) in [7, 11) is -3.48. The Morgan fingerprint density at radius 3 is 2.68 bits per heavy atom. The van der Waals surface area contributed by atoms with Crippen LogP contribution in [0.1, 0.15) is 12.8 Å². The van der Waals surface area contributed by atoms with E-state index in [1.165, 1.54) is 0 Å². The molecule has 25 heavy (non-hydrogen) atoms.